The fourth-order valence-corrected chi connectivity index (χ4v) is 3.00. The van der Waals surface area contributed by atoms with Gasteiger partial charge in [0, 0.05) is 49.3 Å². The highest BCUT2D eigenvalue weighted by molar-refractivity contribution is 5.98. The molecule has 2 aromatic rings. The van der Waals surface area contributed by atoms with Gasteiger partial charge < -0.3 is 9.47 Å². The predicted octanol–water partition coefficient (Wildman–Crippen LogP) is 3.37. The number of Topliss-reactive ketones (excluding diaryl/α,β-unsaturated/α-hetero) is 1. The molecule has 3 heteroatoms. The van der Waals surface area contributed by atoms with Crippen LogP contribution in [0.3, 0.4) is 0 Å². The van der Waals surface area contributed by atoms with Crippen LogP contribution in [0.25, 0.3) is 5.69 Å². The smallest absolute Gasteiger partial charge is 0.164 e. The number of fused-ring (bicyclic) bond motifs is 1. The average Bonchev–Trinajstić information content (AvgIpc) is 2.84. The first kappa shape index (κ1) is 13.0. The Labute approximate surface area is 119 Å². The number of hydrogen-bond donors (Lipinski definition) is 0. The maximum absolute atomic E-state index is 11.9. The van der Waals surface area contributed by atoms with Crippen molar-refractivity contribution >= 4 is 11.5 Å². The summed E-state index contributed by atoms with van der Waals surface area (Å²) in [4.78, 5) is 14.1. The normalized spacial score (nSPS) is 14.2. The molecule has 3 nitrogen and oxygen atoms in total. The summed E-state index contributed by atoms with van der Waals surface area (Å²) in [7, 11) is 4.11. The van der Waals surface area contributed by atoms with Gasteiger partial charge in [-0.05, 0) is 43.5 Å². The minimum absolute atomic E-state index is 0.282. The Hall–Kier alpha value is -2.03. The Morgan fingerprint density at radius 1 is 1.15 bits per heavy atom. The van der Waals surface area contributed by atoms with Crippen LogP contribution in [0.15, 0.2) is 30.5 Å². The van der Waals surface area contributed by atoms with Crippen LogP contribution in [-0.2, 0) is 6.42 Å². The molecule has 3 rings (SSSR count). The van der Waals surface area contributed by atoms with E-state index in [2.05, 4.69) is 48.7 Å². The fraction of sp³-hybridized carbons (Fsp3) is 0.353. The molecule has 0 saturated heterocycles. The summed E-state index contributed by atoms with van der Waals surface area (Å²) in [5.41, 5.74) is 5.68. The van der Waals surface area contributed by atoms with Crippen molar-refractivity contribution in [1.29, 1.82) is 0 Å². The highest BCUT2D eigenvalue weighted by atomic mass is 16.1. The maximum Gasteiger partial charge on any atom is 0.164 e. The number of nitrogens with zero attached hydrogens (tertiary/aromatic N) is 2. The molecule has 0 fully saturated rings. The molecule has 20 heavy (non-hydrogen) atoms. The fourth-order valence-electron chi connectivity index (χ4n) is 3.00. The highest BCUT2D eigenvalue weighted by Gasteiger charge is 2.21. The van der Waals surface area contributed by atoms with Gasteiger partial charge >= 0.3 is 0 Å². The first-order chi connectivity index (χ1) is 9.58. The number of aryl methyl sites for hydroxylation is 1. The van der Waals surface area contributed by atoms with E-state index in [9.17, 15) is 4.79 Å². The van der Waals surface area contributed by atoms with Crippen LogP contribution in [0.5, 0.6) is 0 Å². The molecule has 1 aliphatic carbocycles. The van der Waals surface area contributed by atoms with Crippen molar-refractivity contribution in [3.63, 3.8) is 0 Å². The third-order valence-corrected chi connectivity index (χ3v) is 4.06. The summed E-state index contributed by atoms with van der Waals surface area (Å²) in [6.07, 6.45) is 4.66. The molecule has 104 valence electrons. The summed E-state index contributed by atoms with van der Waals surface area (Å²) in [6, 6.07) is 8.42. The zero-order valence-corrected chi connectivity index (χ0v) is 12.3. The minimum atomic E-state index is 0.282. The maximum atomic E-state index is 11.9. The molecule has 1 aromatic carbocycles. The van der Waals surface area contributed by atoms with E-state index in [0.717, 1.165) is 29.8 Å². The van der Waals surface area contributed by atoms with E-state index >= 15 is 0 Å². The molecule has 0 bridgehead atoms. The van der Waals surface area contributed by atoms with E-state index in [1.54, 1.807) is 0 Å². The standard InChI is InChI=1S/C17H20N2O/c1-12-7-8-13(11-16(12)18(2)3)19-10-9-14-15(19)5-4-6-17(14)20/h7-11H,4-6H2,1-3H3. The van der Waals surface area contributed by atoms with E-state index in [0.29, 0.717) is 6.42 Å². The van der Waals surface area contributed by atoms with Crippen molar-refractivity contribution in [3.05, 3.63) is 47.3 Å². The topological polar surface area (TPSA) is 25.2 Å². The molecule has 0 aliphatic heterocycles. The molecular weight excluding hydrogens is 248 g/mol. The Morgan fingerprint density at radius 2 is 1.95 bits per heavy atom. The van der Waals surface area contributed by atoms with Gasteiger partial charge in [-0.2, -0.15) is 0 Å². The van der Waals surface area contributed by atoms with Crippen LogP contribution in [0.2, 0.25) is 0 Å². The lowest BCUT2D eigenvalue weighted by molar-refractivity contribution is 0.0972. The third-order valence-electron chi connectivity index (χ3n) is 4.06. The summed E-state index contributed by atoms with van der Waals surface area (Å²) in [5.74, 6) is 0.282. The number of rotatable bonds is 2. The average molecular weight is 268 g/mol. The summed E-state index contributed by atoms with van der Waals surface area (Å²) in [6.45, 7) is 2.12. The van der Waals surface area contributed by atoms with Crippen LogP contribution in [-0.4, -0.2) is 24.4 Å². The van der Waals surface area contributed by atoms with E-state index in [1.807, 2.05) is 12.3 Å². The number of anilines is 1. The van der Waals surface area contributed by atoms with E-state index in [4.69, 9.17) is 0 Å². The van der Waals surface area contributed by atoms with Crippen molar-refractivity contribution in [2.24, 2.45) is 0 Å². The van der Waals surface area contributed by atoms with Crippen molar-refractivity contribution in [2.75, 3.05) is 19.0 Å². The molecule has 0 unspecified atom stereocenters. The molecule has 1 aliphatic rings. The Bertz CT molecular complexity index is 668. The zero-order chi connectivity index (χ0) is 14.3. The first-order valence-corrected chi connectivity index (χ1v) is 7.09. The molecule has 0 spiro atoms. The lowest BCUT2D eigenvalue weighted by Crippen LogP contribution is -2.13. The van der Waals surface area contributed by atoms with Gasteiger partial charge in [0.25, 0.3) is 0 Å². The van der Waals surface area contributed by atoms with Crippen LogP contribution >= 0.6 is 0 Å². The number of carbonyl (C=O) groups is 1. The molecule has 0 amide bonds. The molecule has 1 aromatic heterocycles. The van der Waals surface area contributed by atoms with Crippen LogP contribution in [0, 0.1) is 6.92 Å². The third kappa shape index (κ3) is 2.03. The largest absolute Gasteiger partial charge is 0.377 e. The number of benzene rings is 1. The van der Waals surface area contributed by atoms with Gasteiger partial charge in [-0.3, -0.25) is 4.79 Å². The van der Waals surface area contributed by atoms with Crippen molar-refractivity contribution in [1.82, 2.24) is 4.57 Å². The number of hydrogen-bond acceptors (Lipinski definition) is 2. The Balaban J connectivity index is 2.10. The molecule has 1 heterocycles. The zero-order valence-electron chi connectivity index (χ0n) is 12.3. The second-order valence-corrected chi connectivity index (χ2v) is 5.69. The van der Waals surface area contributed by atoms with E-state index < -0.39 is 0 Å². The number of ketones is 1. The molecular formula is C17H20N2O. The Morgan fingerprint density at radius 3 is 2.70 bits per heavy atom. The lowest BCUT2D eigenvalue weighted by Gasteiger charge is -2.19. The second kappa shape index (κ2) is 4.82. The first-order valence-electron chi connectivity index (χ1n) is 7.09. The van der Waals surface area contributed by atoms with Crippen molar-refractivity contribution in [3.8, 4) is 5.69 Å². The summed E-state index contributed by atoms with van der Waals surface area (Å²) in [5, 5.41) is 0. The van der Waals surface area contributed by atoms with E-state index in [-0.39, 0.29) is 5.78 Å². The quantitative estimate of drug-likeness (QED) is 0.834. The van der Waals surface area contributed by atoms with Crippen molar-refractivity contribution < 1.29 is 4.79 Å². The molecule has 0 atom stereocenters. The van der Waals surface area contributed by atoms with E-state index in [1.165, 1.54) is 11.3 Å². The minimum Gasteiger partial charge on any atom is -0.377 e. The molecule has 0 saturated carbocycles. The Kier molecular flexibility index (Phi) is 3.13. The number of carbonyl (C=O) groups excluding carboxylic acids is 1. The van der Waals surface area contributed by atoms with Gasteiger partial charge in [0.15, 0.2) is 5.78 Å². The van der Waals surface area contributed by atoms with Gasteiger partial charge in [-0.15, -0.1) is 0 Å². The summed E-state index contributed by atoms with van der Waals surface area (Å²) < 4.78 is 2.17. The highest BCUT2D eigenvalue weighted by Crippen LogP contribution is 2.28. The van der Waals surface area contributed by atoms with Crippen LogP contribution in [0.4, 0.5) is 5.69 Å². The SMILES string of the molecule is Cc1ccc(-n2ccc3c2CCCC3=O)cc1N(C)C. The van der Waals surface area contributed by atoms with Crippen LogP contribution in [0.1, 0.15) is 34.5 Å². The lowest BCUT2D eigenvalue weighted by atomic mass is 9.96. The van der Waals surface area contributed by atoms with Crippen LogP contribution < -0.4 is 4.90 Å². The monoisotopic (exact) mass is 268 g/mol. The van der Waals surface area contributed by atoms with Gasteiger partial charge in [0.05, 0.1) is 0 Å². The second-order valence-electron chi connectivity index (χ2n) is 5.69. The van der Waals surface area contributed by atoms with Gasteiger partial charge in [0.1, 0.15) is 0 Å². The predicted molar refractivity (Wildman–Crippen MR) is 82.1 cm³/mol. The molecule has 0 N–H and O–H groups in total. The number of aromatic nitrogens is 1. The van der Waals surface area contributed by atoms with Crippen molar-refractivity contribution in [2.45, 2.75) is 26.2 Å². The van der Waals surface area contributed by atoms with Gasteiger partial charge in [0.2, 0.25) is 0 Å². The molecule has 0 radical (unpaired) electrons. The van der Waals surface area contributed by atoms with Gasteiger partial charge in [-0.25, -0.2) is 0 Å². The summed E-state index contributed by atoms with van der Waals surface area (Å²) >= 11 is 0. The van der Waals surface area contributed by atoms with Gasteiger partial charge in [-0.1, -0.05) is 6.07 Å².